The molecule has 23 heavy (non-hydrogen) atoms. The number of H-pyrrole nitrogens is 1. The molecule has 1 aromatic heterocycles. The maximum atomic E-state index is 12.1. The smallest absolute Gasteiger partial charge is 0.267 e. The van der Waals surface area contributed by atoms with E-state index in [1.165, 1.54) is 5.56 Å². The van der Waals surface area contributed by atoms with Crippen LogP contribution in [0.15, 0.2) is 54.6 Å². The van der Waals surface area contributed by atoms with Crippen LogP contribution in [0.5, 0.6) is 0 Å². The number of carbonyl (C=O) groups is 1. The molecular weight excluding hydrogens is 328 g/mol. The predicted octanol–water partition coefficient (Wildman–Crippen LogP) is 4.48. The van der Waals surface area contributed by atoms with Crippen LogP contribution in [0.25, 0.3) is 10.9 Å². The number of hydrogen-bond donors (Lipinski definition) is 2. The van der Waals surface area contributed by atoms with Crippen molar-refractivity contribution in [3.63, 3.8) is 0 Å². The molecule has 2 N–H and O–H groups in total. The molecule has 0 bridgehead atoms. The van der Waals surface area contributed by atoms with Crippen LogP contribution in [0.1, 0.15) is 16.1 Å². The molecule has 3 nitrogen and oxygen atoms in total. The van der Waals surface area contributed by atoms with E-state index in [1.807, 2.05) is 54.6 Å². The molecular formula is C18H17ClN2OS. The zero-order valence-electron chi connectivity index (χ0n) is 12.5. The zero-order chi connectivity index (χ0) is 16.1. The molecule has 2 aromatic carbocycles. The summed E-state index contributed by atoms with van der Waals surface area (Å²) in [4.78, 5) is 15.3. The lowest BCUT2D eigenvalue weighted by molar-refractivity contribution is 0.0952. The van der Waals surface area contributed by atoms with Gasteiger partial charge in [-0.15, -0.1) is 0 Å². The van der Waals surface area contributed by atoms with E-state index in [9.17, 15) is 4.79 Å². The van der Waals surface area contributed by atoms with Crippen LogP contribution < -0.4 is 5.32 Å². The monoisotopic (exact) mass is 344 g/mol. The van der Waals surface area contributed by atoms with Gasteiger partial charge in [0.25, 0.3) is 5.91 Å². The van der Waals surface area contributed by atoms with Gasteiger partial charge in [0.15, 0.2) is 0 Å². The van der Waals surface area contributed by atoms with Crippen molar-refractivity contribution in [2.45, 2.75) is 5.75 Å². The molecule has 0 fully saturated rings. The second kappa shape index (κ2) is 7.57. The number of rotatable bonds is 6. The van der Waals surface area contributed by atoms with E-state index in [1.54, 1.807) is 11.8 Å². The van der Waals surface area contributed by atoms with Gasteiger partial charge < -0.3 is 10.3 Å². The van der Waals surface area contributed by atoms with Gasteiger partial charge in [0.2, 0.25) is 0 Å². The van der Waals surface area contributed by atoms with Crippen molar-refractivity contribution >= 4 is 40.2 Å². The van der Waals surface area contributed by atoms with Gasteiger partial charge in [0.05, 0.1) is 0 Å². The number of nitrogens with one attached hydrogen (secondary N) is 2. The summed E-state index contributed by atoms with van der Waals surface area (Å²) >= 11 is 7.65. The fourth-order valence-corrected chi connectivity index (χ4v) is 3.24. The summed E-state index contributed by atoms with van der Waals surface area (Å²) in [5, 5.41) is 4.75. The van der Waals surface area contributed by atoms with Crippen LogP contribution >= 0.6 is 23.4 Å². The fourth-order valence-electron chi connectivity index (χ4n) is 2.30. The molecule has 118 valence electrons. The van der Waals surface area contributed by atoms with Crippen molar-refractivity contribution in [1.29, 1.82) is 0 Å². The Bertz CT molecular complexity index is 765. The van der Waals surface area contributed by atoms with Crippen LogP contribution in [-0.4, -0.2) is 23.2 Å². The first kappa shape index (κ1) is 16.0. The van der Waals surface area contributed by atoms with Crippen molar-refractivity contribution in [3.05, 3.63) is 70.9 Å². The first-order valence-corrected chi connectivity index (χ1v) is 8.94. The van der Waals surface area contributed by atoms with Gasteiger partial charge >= 0.3 is 0 Å². The topological polar surface area (TPSA) is 44.9 Å². The van der Waals surface area contributed by atoms with E-state index in [0.29, 0.717) is 12.2 Å². The van der Waals surface area contributed by atoms with Crippen LogP contribution in [-0.2, 0) is 5.75 Å². The third-order valence-electron chi connectivity index (χ3n) is 3.49. The summed E-state index contributed by atoms with van der Waals surface area (Å²) in [6.07, 6.45) is 0. The van der Waals surface area contributed by atoms with Crippen molar-refractivity contribution in [2.75, 3.05) is 12.3 Å². The number of fused-ring (bicyclic) bond motifs is 1. The number of hydrogen-bond acceptors (Lipinski definition) is 2. The molecule has 0 aliphatic rings. The minimum absolute atomic E-state index is 0.0618. The van der Waals surface area contributed by atoms with Crippen molar-refractivity contribution in [3.8, 4) is 0 Å². The van der Waals surface area contributed by atoms with Crippen LogP contribution in [0.4, 0.5) is 0 Å². The Balaban J connectivity index is 1.43. The number of para-hydroxylation sites is 1. The highest BCUT2D eigenvalue weighted by molar-refractivity contribution is 7.98. The molecule has 0 radical (unpaired) electrons. The van der Waals surface area contributed by atoms with E-state index in [2.05, 4.69) is 10.3 Å². The van der Waals surface area contributed by atoms with Crippen molar-refractivity contribution < 1.29 is 4.79 Å². The zero-order valence-corrected chi connectivity index (χ0v) is 14.1. The number of amides is 1. The van der Waals surface area contributed by atoms with Crippen LogP contribution in [0.3, 0.4) is 0 Å². The molecule has 0 atom stereocenters. The maximum absolute atomic E-state index is 12.1. The summed E-state index contributed by atoms with van der Waals surface area (Å²) in [5.74, 6) is 1.72. The SMILES string of the molecule is O=C(NCCSCc1ccc(Cl)cc1)c1cc2ccccc2[nH]1. The third-order valence-corrected chi connectivity index (χ3v) is 4.77. The average molecular weight is 345 g/mol. The second-order valence-electron chi connectivity index (χ2n) is 5.21. The van der Waals surface area contributed by atoms with E-state index in [0.717, 1.165) is 27.4 Å². The summed E-state index contributed by atoms with van der Waals surface area (Å²) in [6.45, 7) is 0.645. The first-order valence-electron chi connectivity index (χ1n) is 7.40. The number of benzene rings is 2. The number of aromatic amines is 1. The quantitative estimate of drug-likeness (QED) is 0.647. The number of carbonyl (C=O) groups excluding carboxylic acids is 1. The van der Waals surface area contributed by atoms with E-state index in [-0.39, 0.29) is 5.91 Å². The van der Waals surface area contributed by atoms with Crippen LogP contribution in [0.2, 0.25) is 5.02 Å². The molecule has 0 aliphatic heterocycles. The van der Waals surface area contributed by atoms with Gasteiger partial charge in [0, 0.05) is 34.0 Å². The minimum atomic E-state index is -0.0618. The third kappa shape index (κ3) is 4.30. The molecule has 3 rings (SSSR count). The van der Waals surface area contributed by atoms with E-state index in [4.69, 9.17) is 11.6 Å². The Morgan fingerprint density at radius 2 is 1.91 bits per heavy atom. The molecule has 0 aliphatic carbocycles. The molecule has 5 heteroatoms. The average Bonchev–Trinajstić information content (AvgIpc) is 3.00. The Labute approximate surface area is 144 Å². The highest BCUT2D eigenvalue weighted by Crippen LogP contribution is 2.16. The van der Waals surface area contributed by atoms with Crippen molar-refractivity contribution in [2.24, 2.45) is 0 Å². The number of thioether (sulfide) groups is 1. The summed E-state index contributed by atoms with van der Waals surface area (Å²) in [6, 6.07) is 17.6. The van der Waals surface area contributed by atoms with E-state index < -0.39 is 0 Å². The summed E-state index contributed by atoms with van der Waals surface area (Å²) < 4.78 is 0. The highest BCUT2D eigenvalue weighted by atomic mass is 35.5. The molecule has 0 saturated heterocycles. The van der Waals surface area contributed by atoms with Gasteiger partial charge in [0.1, 0.15) is 5.69 Å². The Hall–Kier alpha value is -1.91. The molecule has 0 saturated carbocycles. The lowest BCUT2D eigenvalue weighted by Crippen LogP contribution is -2.26. The fraction of sp³-hybridized carbons (Fsp3) is 0.167. The van der Waals surface area contributed by atoms with Gasteiger partial charge in [-0.05, 0) is 29.8 Å². The van der Waals surface area contributed by atoms with Gasteiger partial charge in [-0.1, -0.05) is 41.9 Å². The predicted molar refractivity (Wildman–Crippen MR) is 98.2 cm³/mol. The normalized spacial score (nSPS) is 10.8. The highest BCUT2D eigenvalue weighted by Gasteiger charge is 2.08. The number of halogens is 1. The summed E-state index contributed by atoms with van der Waals surface area (Å²) in [7, 11) is 0. The molecule has 3 aromatic rings. The molecule has 1 amide bonds. The lowest BCUT2D eigenvalue weighted by Gasteiger charge is -2.04. The Kier molecular flexibility index (Phi) is 5.26. The first-order chi connectivity index (χ1) is 11.2. The Morgan fingerprint density at radius 3 is 2.70 bits per heavy atom. The molecule has 1 heterocycles. The summed E-state index contributed by atoms with van der Waals surface area (Å²) in [5.41, 5.74) is 2.82. The standard InChI is InChI=1S/C18H17ClN2OS/c19-15-7-5-13(6-8-15)12-23-10-9-20-18(22)17-11-14-3-1-2-4-16(14)21-17/h1-8,11,21H,9-10,12H2,(H,20,22). The van der Waals surface area contributed by atoms with Gasteiger partial charge in [-0.2, -0.15) is 11.8 Å². The van der Waals surface area contributed by atoms with Gasteiger partial charge in [-0.25, -0.2) is 0 Å². The maximum Gasteiger partial charge on any atom is 0.267 e. The minimum Gasteiger partial charge on any atom is -0.351 e. The largest absolute Gasteiger partial charge is 0.351 e. The second-order valence-corrected chi connectivity index (χ2v) is 6.75. The molecule has 0 spiro atoms. The Morgan fingerprint density at radius 1 is 1.13 bits per heavy atom. The van der Waals surface area contributed by atoms with Crippen molar-refractivity contribution in [1.82, 2.24) is 10.3 Å². The van der Waals surface area contributed by atoms with Gasteiger partial charge in [-0.3, -0.25) is 4.79 Å². The van der Waals surface area contributed by atoms with Crippen LogP contribution in [0, 0.1) is 0 Å². The lowest BCUT2D eigenvalue weighted by atomic mass is 10.2. The number of aromatic nitrogens is 1. The molecule has 0 unspecified atom stereocenters. The van der Waals surface area contributed by atoms with E-state index >= 15 is 0 Å².